The number of rotatable bonds is 6. The lowest BCUT2D eigenvalue weighted by atomic mass is 10.3. The van der Waals surface area contributed by atoms with Gasteiger partial charge in [-0.25, -0.2) is 0 Å². The Labute approximate surface area is 101 Å². The summed E-state index contributed by atoms with van der Waals surface area (Å²) < 4.78 is 1.60. The van der Waals surface area contributed by atoms with Crippen molar-refractivity contribution in [1.82, 2.24) is 9.88 Å². The fourth-order valence-electron chi connectivity index (χ4n) is 1.46. The number of carbonyl (C=O) groups excluding carboxylic acids is 1. The van der Waals surface area contributed by atoms with Crippen molar-refractivity contribution in [1.29, 1.82) is 0 Å². The number of aryl methyl sites for hydroxylation is 1. The van der Waals surface area contributed by atoms with E-state index in [2.05, 4.69) is 10.6 Å². The first-order valence-corrected chi connectivity index (χ1v) is 5.88. The average Bonchev–Trinajstić information content (AvgIpc) is 2.31. The van der Waals surface area contributed by atoms with Gasteiger partial charge in [0.1, 0.15) is 0 Å². The van der Waals surface area contributed by atoms with E-state index in [1.54, 1.807) is 16.8 Å². The van der Waals surface area contributed by atoms with Crippen molar-refractivity contribution in [2.45, 2.75) is 26.8 Å². The molecule has 0 radical (unpaired) electrons. The molecule has 0 saturated heterocycles. The Morgan fingerprint density at radius 2 is 2.12 bits per heavy atom. The maximum absolute atomic E-state index is 11.5. The SMILES string of the molecule is CCCn1cc(NC(=O)CNCC)ccc1=O. The van der Waals surface area contributed by atoms with Crippen LogP contribution in [0.2, 0.25) is 0 Å². The lowest BCUT2D eigenvalue weighted by molar-refractivity contribution is -0.115. The molecule has 0 aromatic carbocycles. The quantitative estimate of drug-likeness (QED) is 0.769. The number of pyridine rings is 1. The molecule has 0 spiro atoms. The van der Waals surface area contributed by atoms with Crippen LogP contribution in [-0.2, 0) is 11.3 Å². The van der Waals surface area contributed by atoms with E-state index in [1.807, 2.05) is 13.8 Å². The minimum Gasteiger partial charge on any atom is -0.324 e. The third-order valence-electron chi connectivity index (χ3n) is 2.27. The van der Waals surface area contributed by atoms with E-state index in [9.17, 15) is 9.59 Å². The fourth-order valence-corrected chi connectivity index (χ4v) is 1.46. The minimum atomic E-state index is -0.103. The summed E-state index contributed by atoms with van der Waals surface area (Å²) in [5.41, 5.74) is 0.609. The van der Waals surface area contributed by atoms with Gasteiger partial charge in [-0.2, -0.15) is 0 Å². The lowest BCUT2D eigenvalue weighted by Gasteiger charge is -2.08. The summed E-state index contributed by atoms with van der Waals surface area (Å²) in [7, 11) is 0. The molecule has 0 atom stereocenters. The van der Waals surface area contributed by atoms with Crippen LogP contribution in [0.25, 0.3) is 0 Å². The van der Waals surface area contributed by atoms with Gasteiger partial charge in [-0.1, -0.05) is 13.8 Å². The summed E-state index contributed by atoms with van der Waals surface area (Å²) in [4.78, 5) is 22.9. The van der Waals surface area contributed by atoms with Crippen molar-refractivity contribution in [2.75, 3.05) is 18.4 Å². The zero-order chi connectivity index (χ0) is 12.7. The highest BCUT2D eigenvalue weighted by molar-refractivity contribution is 5.92. The number of likely N-dealkylation sites (N-methyl/N-ethyl adjacent to an activating group) is 1. The van der Waals surface area contributed by atoms with E-state index in [-0.39, 0.29) is 18.0 Å². The van der Waals surface area contributed by atoms with Gasteiger partial charge in [-0.3, -0.25) is 9.59 Å². The number of nitrogens with zero attached hydrogens (tertiary/aromatic N) is 1. The first-order valence-electron chi connectivity index (χ1n) is 5.88. The van der Waals surface area contributed by atoms with Gasteiger partial charge >= 0.3 is 0 Å². The van der Waals surface area contributed by atoms with Crippen LogP contribution in [0.15, 0.2) is 23.1 Å². The van der Waals surface area contributed by atoms with Crippen LogP contribution in [0.4, 0.5) is 5.69 Å². The molecule has 0 aliphatic rings. The molecular formula is C12H19N3O2. The third kappa shape index (κ3) is 4.40. The zero-order valence-electron chi connectivity index (χ0n) is 10.3. The Balaban J connectivity index is 2.68. The summed E-state index contributed by atoms with van der Waals surface area (Å²) >= 11 is 0. The number of aromatic nitrogens is 1. The number of hydrogen-bond donors (Lipinski definition) is 2. The van der Waals surface area contributed by atoms with Crippen LogP contribution in [0.1, 0.15) is 20.3 Å². The predicted molar refractivity (Wildman–Crippen MR) is 68.2 cm³/mol. The number of amides is 1. The molecule has 0 aliphatic heterocycles. The van der Waals surface area contributed by atoms with Gasteiger partial charge in [0.25, 0.3) is 5.56 Å². The molecule has 0 fully saturated rings. The van der Waals surface area contributed by atoms with Crippen LogP contribution < -0.4 is 16.2 Å². The summed E-state index contributed by atoms with van der Waals surface area (Å²) in [5, 5.41) is 5.68. The van der Waals surface area contributed by atoms with Crippen molar-refractivity contribution in [3.05, 3.63) is 28.7 Å². The maximum atomic E-state index is 11.5. The number of anilines is 1. The van der Waals surface area contributed by atoms with Gasteiger partial charge in [0.15, 0.2) is 0 Å². The Morgan fingerprint density at radius 1 is 1.35 bits per heavy atom. The Morgan fingerprint density at radius 3 is 2.76 bits per heavy atom. The number of carbonyl (C=O) groups is 1. The molecule has 5 heteroatoms. The fraction of sp³-hybridized carbons (Fsp3) is 0.500. The highest BCUT2D eigenvalue weighted by Crippen LogP contribution is 2.03. The highest BCUT2D eigenvalue weighted by atomic mass is 16.2. The normalized spacial score (nSPS) is 10.2. The van der Waals surface area contributed by atoms with E-state index in [1.165, 1.54) is 6.07 Å². The molecule has 5 nitrogen and oxygen atoms in total. The molecule has 17 heavy (non-hydrogen) atoms. The zero-order valence-corrected chi connectivity index (χ0v) is 10.3. The molecule has 1 aromatic heterocycles. The van der Waals surface area contributed by atoms with Crippen LogP contribution >= 0.6 is 0 Å². The number of hydrogen-bond acceptors (Lipinski definition) is 3. The second-order valence-electron chi connectivity index (χ2n) is 3.78. The molecule has 2 N–H and O–H groups in total. The van der Waals surface area contributed by atoms with Crippen LogP contribution in [0.3, 0.4) is 0 Å². The van der Waals surface area contributed by atoms with Gasteiger partial charge in [0.05, 0.1) is 12.2 Å². The van der Waals surface area contributed by atoms with Gasteiger partial charge in [-0.05, 0) is 19.0 Å². The van der Waals surface area contributed by atoms with Crippen LogP contribution in [-0.4, -0.2) is 23.6 Å². The van der Waals surface area contributed by atoms with E-state index in [0.29, 0.717) is 12.2 Å². The van der Waals surface area contributed by atoms with E-state index >= 15 is 0 Å². The third-order valence-corrected chi connectivity index (χ3v) is 2.27. The number of nitrogens with one attached hydrogen (secondary N) is 2. The van der Waals surface area contributed by atoms with Crippen molar-refractivity contribution in [2.24, 2.45) is 0 Å². The molecule has 1 rings (SSSR count). The smallest absolute Gasteiger partial charge is 0.250 e. The molecule has 0 bridgehead atoms. The van der Waals surface area contributed by atoms with E-state index < -0.39 is 0 Å². The molecule has 1 heterocycles. The van der Waals surface area contributed by atoms with Crippen molar-refractivity contribution >= 4 is 11.6 Å². The molecule has 0 unspecified atom stereocenters. The monoisotopic (exact) mass is 237 g/mol. The largest absolute Gasteiger partial charge is 0.324 e. The first kappa shape index (κ1) is 13.4. The highest BCUT2D eigenvalue weighted by Gasteiger charge is 2.02. The van der Waals surface area contributed by atoms with Crippen molar-refractivity contribution in [3.8, 4) is 0 Å². The summed E-state index contributed by atoms with van der Waals surface area (Å²) in [6.45, 7) is 5.64. The van der Waals surface area contributed by atoms with E-state index in [0.717, 1.165) is 13.0 Å². The second-order valence-corrected chi connectivity index (χ2v) is 3.78. The maximum Gasteiger partial charge on any atom is 0.250 e. The molecule has 1 amide bonds. The second kappa shape index (κ2) is 6.85. The molecular weight excluding hydrogens is 218 g/mol. The molecule has 94 valence electrons. The first-order chi connectivity index (χ1) is 8.17. The van der Waals surface area contributed by atoms with Gasteiger partial charge in [0.2, 0.25) is 5.91 Å². The Kier molecular flexibility index (Phi) is 5.42. The average molecular weight is 237 g/mol. The molecule has 1 aromatic rings. The summed E-state index contributed by atoms with van der Waals surface area (Å²) in [6, 6.07) is 3.09. The predicted octanol–water partition coefficient (Wildman–Crippen LogP) is 0.806. The van der Waals surface area contributed by atoms with E-state index in [4.69, 9.17) is 0 Å². The van der Waals surface area contributed by atoms with Crippen molar-refractivity contribution in [3.63, 3.8) is 0 Å². The summed E-state index contributed by atoms with van der Waals surface area (Å²) in [6.07, 6.45) is 2.56. The Hall–Kier alpha value is -1.62. The Bertz CT molecular complexity index is 426. The van der Waals surface area contributed by atoms with Gasteiger partial charge < -0.3 is 15.2 Å². The van der Waals surface area contributed by atoms with Crippen LogP contribution in [0, 0.1) is 0 Å². The van der Waals surface area contributed by atoms with Gasteiger partial charge in [0, 0.05) is 18.8 Å². The van der Waals surface area contributed by atoms with Crippen molar-refractivity contribution < 1.29 is 4.79 Å². The minimum absolute atomic E-state index is 0.0449. The lowest BCUT2D eigenvalue weighted by Crippen LogP contribution is -2.28. The topological polar surface area (TPSA) is 63.1 Å². The van der Waals surface area contributed by atoms with Crippen LogP contribution in [0.5, 0.6) is 0 Å². The molecule has 0 aliphatic carbocycles. The standard InChI is InChI=1S/C12H19N3O2/c1-3-7-15-9-10(5-6-12(15)17)14-11(16)8-13-4-2/h5-6,9,13H,3-4,7-8H2,1-2H3,(H,14,16). The summed E-state index contributed by atoms with van der Waals surface area (Å²) in [5.74, 6) is -0.103. The van der Waals surface area contributed by atoms with Gasteiger partial charge in [-0.15, -0.1) is 0 Å². The molecule has 0 saturated carbocycles.